The van der Waals surface area contributed by atoms with E-state index in [1.54, 1.807) is 29.5 Å². The largest absolute Gasteiger partial charge is 0.298 e. The summed E-state index contributed by atoms with van der Waals surface area (Å²) in [6.07, 6.45) is 6.76. The molecule has 0 atom stereocenters. The monoisotopic (exact) mass is 361 g/mol. The first-order chi connectivity index (χ1) is 12.8. The van der Waals surface area contributed by atoms with Crippen LogP contribution in [0.5, 0.6) is 0 Å². The molecule has 0 aliphatic rings. The van der Waals surface area contributed by atoms with Gasteiger partial charge in [0, 0.05) is 29.5 Å². The summed E-state index contributed by atoms with van der Waals surface area (Å²) in [4.78, 5) is 20.9. The van der Waals surface area contributed by atoms with Crippen LogP contribution in [0.15, 0.2) is 72.6 Å². The van der Waals surface area contributed by atoms with Gasteiger partial charge in [-0.1, -0.05) is 30.3 Å². The van der Waals surface area contributed by atoms with Crippen molar-refractivity contribution in [3.63, 3.8) is 0 Å². The second-order valence-electron chi connectivity index (χ2n) is 5.65. The number of thiazole rings is 1. The molecule has 0 saturated heterocycles. The summed E-state index contributed by atoms with van der Waals surface area (Å²) in [6.45, 7) is 0.622. The maximum Gasteiger partial charge on any atom is 0.260 e. The Morgan fingerprint density at radius 1 is 1.12 bits per heavy atom. The minimum Gasteiger partial charge on any atom is -0.298 e. The summed E-state index contributed by atoms with van der Waals surface area (Å²) < 4.78 is 1.74. The SMILES string of the molecule is O=C(Nc1nc(-c2cccnc2)cs1)c1cnn(Cc2ccccc2)c1. The van der Waals surface area contributed by atoms with Crippen molar-refractivity contribution < 1.29 is 4.79 Å². The fourth-order valence-electron chi connectivity index (χ4n) is 2.49. The van der Waals surface area contributed by atoms with Gasteiger partial charge in [0.15, 0.2) is 5.13 Å². The van der Waals surface area contributed by atoms with Crippen LogP contribution >= 0.6 is 11.3 Å². The van der Waals surface area contributed by atoms with Crippen molar-refractivity contribution >= 4 is 22.4 Å². The minimum absolute atomic E-state index is 0.226. The highest BCUT2D eigenvalue weighted by molar-refractivity contribution is 7.14. The summed E-state index contributed by atoms with van der Waals surface area (Å²) in [5, 5.41) is 9.52. The van der Waals surface area contributed by atoms with E-state index in [4.69, 9.17) is 0 Å². The van der Waals surface area contributed by atoms with Gasteiger partial charge in [0.2, 0.25) is 0 Å². The molecule has 0 unspecified atom stereocenters. The molecule has 0 radical (unpaired) electrons. The normalized spacial score (nSPS) is 10.6. The quantitative estimate of drug-likeness (QED) is 0.588. The van der Waals surface area contributed by atoms with E-state index in [1.165, 1.54) is 11.3 Å². The third-order valence-electron chi connectivity index (χ3n) is 3.76. The Bertz CT molecular complexity index is 1010. The summed E-state index contributed by atoms with van der Waals surface area (Å²) in [5.74, 6) is -0.226. The van der Waals surface area contributed by atoms with Crippen LogP contribution in [0.2, 0.25) is 0 Å². The number of aromatic nitrogens is 4. The molecule has 4 rings (SSSR count). The molecule has 3 heterocycles. The number of benzene rings is 1. The topological polar surface area (TPSA) is 72.7 Å². The average molecular weight is 361 g/mol. The van der Waals surface area contributed by atoms with Crippen LogP contribution in [0.4, 0.5) is 5.13 Å². The predicted octanol–water partition coefficient (Wildman–Crippen LogP) is 3.70. The molecule has 26 heavy (non-hydrogen) atoms. The van der Waals surface area contributed by atoms with Crippen LogP contribution in [0, 0.1) is 0 Å². The first-order valence-corrected chi connectivity index (χ1v) is 8.89. The lowest BCUT2D eigenvalue weighted by atomic mass is 10.2. The van der Waals surface area contributed by atoms with Crippen molar-refractivity contribution in [2.24, 2.45) is 0 Å². The van der Waals surface area contributed by atoms with E-state index in [2.05, 4.69) is 20.4 Å². The van der Waals surface area contributed by atoms with Crippen molar-refractivity contribution in [2.75, 3.05) is 5.32 Å². The summed E-state index contributed by atoms with van der Waals surface area (Å²) in [5.41, 5.74) is 3.33. The molecule has 4 aromatic rings. The van der Waals surface area contributed by atoms with Gasteiger partial charge in [-0.3, -0.25) is 19.8 Å². The highest BCUT2D eigenvalue weighted by Gasteiger charge is 2.12. The average Bonchev–Trinajstić information content (AvgIpc) is 3.33. The number of rotatable bonds is 5. The van der Waals surface area contributed by atoms with Gasteiger partial charge in [0.25, 0.3) is 5.91 Å². The number of nitrogens with zero attached hydrogens (tertiary/aromatic N) is 4. The fraction of sp³-hybridized carbons (Fsp3) is 0.0526. The number of amides is 1. The third kappa shape index (κ3) is 3.68. The van der Waals surface area contributed by atoms with Gasteiger partial charge >= 0.3 is 0 Å². The Morgan fingerprint density at radius 2 is 2.00 bits per heavy atom. The molecular weight excluding hydrogens is 346 g/mol. The molecular formula is C19H15N5OS. The summed E-state index contributed by atoms with van der Waals surface area (Å²) in [6, 6.07) is 13.8. The van der Waals surface area contributed by atoms with Crippen molar-refractivity contribution in [3.8, 4) is 11.3 Å². The van der Waals surface area contributed by atoms with Crippen LogP contribution in [0.3, 0.4) is 0 Å². The number of hydrogen-bond donors (Lipinski definition) is 1. The third-order valence-corrected chi connectivity index (χ3v) is 4.52. The highest BCUT2D eigenvalue weighted by Crippen LogP contribution is 2.24. The first-order valence-electron chi connectivity index (χ1n) is 8.01. The van der Waals surface area contributed by atoms with Crippen molar-refractivity contribution in [2.45, 2.75) is 6.54 Å². The molecule has 6 nitrogen and oxygen atoms in total. The van der Waals surface area contributed by atoms with E-state index < -0.39 is 0 Å². The summed E-state index contributed by atoms with van der Waals surface area (Å²) in [7, 11) is 0. The summed E-state index contributed by atoms with van der Waals surface area (Å²) >= 11 is 1.38. The standard InChI is InChI=1S/C19H15N5OS/c25-18(16-10-21-24(12-16)11-14-5-2-1-3-6-14)23-19-22-17(13-26-19)15-7-4-8-20-9-15/h1-10,12-13H,11H2,(H,22,23,25). The molecule has 1 amide bonds. The zero-order valence-electron chi connectivity index (χ0n) is 13.7. The Morgan fingerprint density at radius 3 is 2.81 bits per heavy atom. The van der Waals surface area contributed by atoms with E-state index in [-0.39, 0.29) is 5.91 Å². The lowest BCUT2D eigenvalue weighted by Crippen LogP contribution is -2.11. The van der Waals surface area contributed by atoms with Gasteiger partial charge in [-0.2, -0.15) is 5.10 Å². The van der Waals surface area contributed by atoms with E-state index >= 15 is 0 Å². The first kappa shape index (κ1) is 16.2. The zero-order valence-corrected chi connectivity index (χ0v) is 14.6. The molecule has 0 bridgehead atoms. The molecule has 128 valence electrons. The van der Waals surface area contributed by atoms with E-state index in [9.17, 15) is 4.79 Å². The molecule has 0 aliphatic heterocycles. The lowest BCUT2D eigenvalue weighted by Gasteiger charge is -2.01. The second-order valence-corrected chi connectivity index (χ2v) is 6.50. The maximum atomic E-state index is 12.4. The molecule has 0 aliphatic carbocycles. The Kier molecular flexibility index (Phi) is 4.53. The Hall–Kier alpha value is -3.32. The van der Waals surface area contributed by atoms with Crippen LogP contribution in [-0.4, -0.2) is 25.7 Å². The molecule has 0 spiro atoms. The van der Waals surface area contributed by atoms with Crippen LogP contribution in [-0.2, 0) is 6.54 Å². The van der Waals surface area contributed by atoms with E-state index in [1.807, 2.05) is 47.8 Å². The Balaban J connectivity index is 1.43. The van der Waals surface area contributed by atoms with Crippen LogP contribution < -0.4 is 5.32 Å². The lowest BCUT2D eigenvalue weighted by molar-refractivity contribution is 0.102. The maximum absolute atomic E-state index is 12.4. The van der Waals surface area contributed by atoms with Crippen molar-refractivity contribution in [1.29, 1.82) is 0 Å². The molecule has 3 aromatic heterocycles. The number of carbonyl (C=O) groups is 1. The molecule has 1 N–H and O–H groups in total. The number of carbonyl (C=O) groups excluding carboxylic acids is 1. The zero-order chi connectivity index (χ0) is 17.8. The molecule has 1 aromatic carbocycles. The minimum atomic E-state index is -0.226. The van der Waals surface area contributed by atoms with Gasteiger partial charge in [-0.15, -0.1) is 11.3 Å². The van der Waals surface area contributed by atoms with Crippen LogP contribution in [0.1, 0.15) is 15.9 Å². The smallest absolute Gasteiger partial charge is 0.260 e. The van der Waals surface area contributed by atoms with Gasteiger partial charge in [-0.05, 0) is 17.7 Å². The van der Waals surface area contributed by atoms with Crippen LogP contribution in [0.25, 0.3) is 11.3 Å². The van der Waals surface area contributed by atoms with Crippen molar-refractivity contribution in [1.82, 2.24) is 19.7 Å². The number of anilines is 1. The number of hydrogen-bond acceptors (Lipinski definition) is 5. The highest BCUT2D eigenvalue weighted by atomic mass is 32.1. The second kappa shape index (κ2) is 7.28. The fourth-order valence-corrected chi connectivity index (χ4v) is 3.20. The van der Waals surface area contributed by atoms with E-state index in [0.29, 0.717) is 17.2 Å². The van der Waals surface area contributed by atoms with Gasteiger partial charge < -0.3 is 0 Å². The predicted molar refractivity (Wildman–Crippen MR) is 101 cm³/mol. The van der Waals surface area contributed by atoms with Crippen molar-refractivity contribution in [3.05, 3.63) is 83.8 Å². The molecule has 7 heteroatoms. The number of nitrogens with one attached hydrogen (secondary N) is 1. The van der Waals surface area contributed by atoms with Gasteiger partial charge in [-0.25, -0.2) is 4.98 Å². The van der Waals surface area contributed by atoms with E-state index in [0.717, 1.165) is 16.8 Å². The molecule has 0 saturated carbocycles. The van der Waals surface area contributed by atoms with Gasteiger partial charge in [0.1, 0.15) is 0 Å². The Labute approximate surface area is 154 Å². The molecule has 0 fully saturated rings. The van der Waals surface area contributed by atoms with Gasteiger partial charge in [0.05, 0.1) is 24.0 Å². The number of pyridine rings is 1.